The topological polar surface area (TPSA) is 50.2 Å². The highest BCUT2D eigenvalue weighted by Gasteiger charge is 2.53. The fourth-order valence-corrected chi connectivity index (χ4v) is 7.05. The number of fused-ring (bicyclic) bond motifs is 1. The van der Waals surface area contributed by atoms with Gasteiger partial charge in [-0.3, -0.25) is 9.52 Å². The van der Waals surface area contributed by atoms with Crippen molar-refractivity contribution < 1.29 is 4.79 Å². The summed E-state index contributed by atoms with van der Waals surface area (Å²) in [5.41, 5.74) is 4.80. The minimum atomic E-state index is -0.0315. The van der Waals surface area contributed by atoms with Gasteiger partial charge in [0, 0.05) is 47.0 Å². The molecule has 0 saturated heterocycles. The third kappa shape index (κ3) is 5.51. The normalized spacial score (nSPS) is 21.8. The van der Waals surface area contributed by atoms with Crippen LogP contribution in [0.25, 0.3) is 0 Å². The van der Waals surface area contributed by atoms with Crippen molar-refractivity contribution in [3.63, 3.8) is 0 Å². The Kier molecular flexibility index (Phi) is 7.52. The number of rotatable bonds is 8. The van der Waals surface area contributed by atoms with Crippen molar-refractivity contribution >= 4 is 35.1 Å². The van der Waals surface area contributed by atoms with Crippen LogP contribution in [0.3, 0.4) is 0 Å². The van der Waals surface area contributed by atoms with Crippen LogP contribution in [0.4, 0.5) is 5.69 Å². The summed E-state index contributed by atoms with van der Waals surface area (Å²) in [6.45, 7) is 2.64. The molecular weight excluding hydrogens is 524 g/mol. The maximum absolute atomic E-state index is 14.2. The molecule has 1 aromatic heterocycles. The van der Waals surface area contributed by atoms with E-state index in [1.165, 1.54) is 16.7 Å². The summed E-state index contributed by atoms with van der Waals surface area (Å²) < 4.78 is 5.68. The largest absolute Gasteiger partial charge is 0.337 e. The Labute approximate surface area is 239 Å². The zero-order chi connectivity index (χ0) is 26.9. The maximum Gasteiger partial charge on any atom is 0.231 e. The van der Waals surface area contributed by atoms with E-state index in [0.717, 1.165) is 40.7 Å². The zero-order valence-corrected chi connectivity index (χ0v) is 23.8. The fraction of sp³-hybridized carbons (Fsp3) is 0.312. The average molecular weight is 557 g/mol. The number of carbonyl (C=O) groups is 1. The Hall–Kier alpha value is -3.06. The van der Waals surface area contributed by atoms with Crippen LogP contribution < -0.4 is 9.62 Å². The Morgan fingerprint density at radius 3 is 2.74 bits per heavy atom. The minimum Gasteiger partial charge on any atom is -0.337 e. The molecule has 0 bridgehead atoms. The Morgan fingerprint density at radius 2 is 1.97 bits per heavy atom. The molecule has 0 radical (unpaired) electrons. The zero-order valence-electron chi connectivity index (χ0n) is 22.3. The summed E-state index contributed by atoms with van der Waals surface area (Å²) in [5.74, 6) is 1.58. The van der Waals surface area contributed by atoms with Gasteiger partial charge in [-0.25, -0.2) is 4.98 Å². The molecule has 5 nitrogen and oxygen atoms in total. The van der Waals surface area contributed by atoms with Crippen LogP contribution >= 0.6 is 23.5 Å². The van der Waals surface area contributed by atoms with Crippen molar-refractivity contribution in [2.75, 3.05) is 4.90 Å². The lowest BCUT2D eigenvalue weighted by atomic mass is 9.87. The van der Waals surface area contributed by atoms with Crippen molar-refractivity contribution in [2.45, 2.75) is 49.6 Å². The molecule has 4 aromatic rings. The number of anilines is 1. The molecule has 0 spiro atoms. The van der Waals surface area contributed by atoms with E-state index in [0.29, 0.717) is 12.5 Å². The van der Waals surface area contributed by atoms with Crippen molar-refractivity contribution in [3.05, 3.63) is 113 Å². The van der Waals surface area contributed by atoms with Gasteiger partial charge in [-0.2, -0.15) is 0 Å². The number of aryl methyl sites for hydroxylation is 2. The van der Waals surface area contributed by atoms with E-state index in [-0.39, 0.29) is 23.8 Å². The van der Waals surface area contributed by atoms with Gasteiger partial charge in [0.15, 0.2) is 0 Å². The van der Waals surface area contributed by atoms with E-state index in [4.69, 9.17) is 11.6 Å². The molecular formula is C32H33ClN4OS. The second kappa shape index (κ2) is 11.2. The second-order valence-corrected chi connectivity index (χ2v) is 12.1. The van der Waals surface area contributed by atoms with Crippen LogP contribution in [0.1, 0.15) is 54.2 Å². The first-order valence-electron chi connectivity index (χ1n) is 13.6. The Balaban J connectivity index is 1.29. The van der Waals surface area contributed by atoms with E-state index < -0.39 is 0 Å². The standard InChI is InChI=1S/C32H33ClN4OS/c1-21-30(23-8-4-3-5-9-23)31(21)32(38)37(20-29-34-16-17-36(29)2)25-15-14-22-10-6-13-28(27(22)19-25)35-39-26-12-7-11-24(33)18-26/h3-5,7-9,11-12,14-19,21,28,30-31,35H,6,10,13,20H2,1-2H3/t21-,28?,30?,31?/m1/s1. The van der Waals surface area contributed by atoms with E-state index in [9.17, 15) is 4.79 Å². The van der Waals surface area contributed by atoms with Gasteiger partial charge in [-0.15, -0.1) is 0 Å². The van der Waals surface area contributed by atoms with Crippen molar-refractivity contribution in [2.24, 2.45) is 18.9 Å². The van der Waals surface area contributed by atoms with Crippen LogP contribution in [0, 0.1) is 11.8 Å². The summed E-state index contributed by atoms with van der Waals surface area (Å²) in [4.78, 5) is 21.8. The van der Waals surface area contributed by atoms with Crippen LogP contribution in [0.15, 0.2) is 90.1 Å². The molecule has 1 saturated carbocycles. The summed E-state index contributed by atoms with van der Waals surface area (Å²) >= 11 is 7.82. The molecule has 1 heterocycles. The van der Waals surface area contributed by atoms with Crippen molar-refractivity contribution in [3.8, 4) is 0 Å². The molecule has 4 atom stereocenters. The lowest BCUT2D eigenvalue weighted by Gasteiger charge is -2.29. The van der Waals surface area contributed by atoms with E-state index >= 15 is 0 Å². The molecule has 2 aliphatic rings. The molecule has 39 heavy (non-hydrogen) atoms. The molecule has 3 unspecified atom stereocenters. The lowest BCUT2D eigenvalue weighted by molar-refractivity contribution is -0.120. The van der Waals surface area contributed by atoms with Gasteiger partial charge in [0.05, 0.1) is 6.54 Å². The van der Waals surface area contributed by atoms with Crippen LogP contribution in [-0.2, 0) is 24.8 Å². The molecule has 1 amide bonds. The number of amides is 1. The highest BCUT2D eigenvalue weighted by molar-refractivity contribution is 7.97. The summed E-state index contributed by atoms with van der Waals surface area (Å²) in [6.07, 6.45) is 6.97. The fourth-order valence-electron chi connectivity index (χ4n) is 5.94. The third-order valence-corrected chi connectivity index (χ3v) is 9.33. The number of carbonyl (C=O) groups excluding carboxylic acids is 1. The molecule has 200 valence electrons. The Morgan fingerprint density at radius 1 is 1.13 bits per heavy atom. The monoisotopic (exact) mass is 556 g/mol. The quantitative estimate of drug-likeness (QED) is 0.231. The molecule has 7 heteroatoms. The second-order valence-electron chi connectivity index (χ2n) is 10.7. The van der Waals surface area contributed by atoms with E-state index in [1.807, 2.05) is 47.0 Å². The van der Waals surface area contributed by atoms with Gasteiger partial charge < -0.3 is 9.47 Å². The molecule has 0 aliphatic heterocycles. The average Bonchev–Trinajstić information content (AvgIpc) is 3.46. The van der Waals surface area contributed by atoms with Crippen LogP contribution in [0.5, 0.6) is 0 Å². The first-order chi connectivity index (χ1) is 19.0. The highest BCUT2D eigenvalue weighted by Crippen LogP contribution is 2.55. The van der Waals surface area contributed by atoms with E-state index in [2.05, 4.69) is 65.2 Å². The number of nitrogens with one attached hydrogen (secondary N) is 1. The summed E-state index contributed by atoms with van der Waals surface area (Å²) in [5, 5.41) is 0.736. The molecule has 1 N–H and O–H groups in total. The molecule has 2 aliphatic carbocycles. The van der Waals surface area contributed by atoms with Gasteiger partial charge in [0.2, 0.25) is 5.91 Å². The number of hydrogen-bond acceptors (Lipinski definition) is 4. The SMILES string of the molecule is C[C@H]1C(C(=O)N(Cc2nccn2C)c2ccc3c(c2)C(NSc2cccc(Cl)c2)CCC3)C1c1ccccc1. The maximum atomic E-state index is 14.2. The molecule has 6 rings (SSSR count). The number of imidazole rings is 1. The first kappa shape index (κ1) is 26.2. The smallest absolute Gasteiger partial charge is 0.231 e. The predicted octanol–water partition coefficient (Wildman–Crippen LogP) is 7.33. The van der Waals surface area contributed by atoms with Crippen molar-refractivity contribution in [1.82, 2.24) is 14.3 Å². The third-order valence-electron chi connectivity index (χ3n) is 8.21. The number of benzene rings is 3. The molecule has 1 fully saturated rings. The van der Waals surface area contributed by atoms with Gasteiger partial charge in [-0.1, -0.05) is 61.0 Å². The number of halogens is 1. The van der Waals surface area contributed by atoms with Crippen LogP contribution in [-0.4, -0.2) is 15.5 Å². The summed E-state index contributed by atoms with van der Waals surface area (Å²) in [6, 6.07) is 25.1. The first-order valence-corrected chi connectivity index (χ1v) is 14.8. The highest BCUT2D eigenvalue weighted by atomic mass is 35.5. The van der Waals surface area contributed by atoms with Crippen molar-refractivity contribution in [1.29, 1.82) is 0 Å². The predicted molar refractivity (Wildman–Crippen MR) is 159 cm³/mol. The Bertz CT molecular complexity index is 1470. The van der Waals surface area contributed by atoms with Gasteiger partial charge in [0.25, 0.3) is 0 Å². The molecule has 3 aromatic carbocycles. The lowest BCUT2D eigenvalue weighted by Crippen LogP contribution is -2.34. The number of aromatic nitrogens is 2. The van der Waals surface area contributed by atoms with Gasteiger partial charge in [-0.05, 0) is 90.1 Å². The van der Waals surface area contributed by atoms with Gasteiger partial charge >= 0.3 is 0 Å². The van der Waals surface area contributed by atoms with Gasteiger partial charge in [0.1, 0.15) is 5.82 Å². The number of nitrogens with zero attached hydrogens (tertiary/aromatic N) is 3. The minimum absolute atomic E-state index is 0.0315. The van der Waals surface area contributed by atoms with Crippen LogP contribution in [0.2, 0.25) is 5.02 Å². The summed E-state index contributed by atoms with van der Waals surface area (Å²) in [7, 11) is 1.98. The number of hydrogen-bond donors (Lipinski definition) is 1. The van der Waals surface area contributed by atoms with E-state index in [1.54, 1.807) is 18.1 Å².